The Kier molecular flexibility index (Phi) is 1.47. The minimum atomic E-state index is -0.159. The highest BCUT2D eigenvalue weighted by Crippen LogP contribution is 2.58. The van der Waals surface area contributed by atoms with Crippen LogP contribution in [-0.4, -0.2) is 13.0 Å². The second-order valence-corrected chi connectivity index (χ2v) is 5.13. The van der Waals surface area contributed by atoms with Gasteiger partial charge < -0.3 is 4.90 Å². The van der Waals surface area contributed by atoms with Crippen LogP contribution in [0.3, 0.4) is 0 Å². The van der Waals surface area contributed by atoms with E-state index in [1.807, 2.05) is 24.1 Å². The van der Waals surface area contributed by atoms with Crippen LogP contribution in [0, 0.1) is 0 Å². The zero-order chi connectivity index (χ0) is 11.6. The number of hydrogen-bond acceptors (Lipinski definition) is 1. The summed E-state index contributed by atoms with van der Waals surface area (Å²) in [6.07, 6.45) is 2.03. The van der Waals surface area contributed by atoms with Gasteiger partial charge in [-0.25, -0.2) is 0 Å². The van der Waals surface area contributed by atoms with Gasteiger partial charge in [0, 0.05) is 12.4 Å². The van der Waals surface area contributed by atoms with Gasteiger partial charge in [0.2, 0.25) is 5.91 Å². The fraction of sp³-hybridized carbons (Fsp3) is 0.267. The van der Waals surface area contributed by atoms with Crippen LogP contribution in [0.4, 0.5) is 5.69 Å². The number of rotatable bonds is 0. The number of likely N-dealkylation sites (N-methyl/N-ethyl adjacent to an activating group) is 1. The number of carbonyl (C=O) groups is 1. The van der Waals surface area contributed by atoms with Crippen molar-refractivity contribution in [3.8, 4) is 0 Å². The number of hydrogen-bond donors (Lipinski definition) is 0. The number of carbonyl (C=O) groups excluding carboxylic acids is 1. The van der Waals surface area contributed by atoms with Gasteiger partial charge >= 0.3 is 0 Å². The number of benzene rings is 2. The Morgan fingerprint density at radius 2 is 1.88 bits per heavy atom. The van der Waals surface area contributed by atoms with Gasteiger partial charge in [-0.3, -0.25) is 4.79 Å². The second kappa shape index (κ2) is 2.70. The third-order valence-corrected chi connectivity index (χ3v) is 4.22. The van der Waals surface area contributed by atoms with E-state index in [1.54, 1.807) is 0 Å². The first-order valence-corrected chi connectivity index (χ1v) is 6.04. The molecule has 4 rings (SSSR count). The van der Waals surface area contributed by atoms with Crippen molar-refractivity contribution in [3.05, 3.63) is 42.0 Å². The number of nitrogens with zero attached hydrogens (tertiary/aromatic N) is 1. The van der Waals surface area contributed by atoms with E-state index < -0.39 is 0 Å². The first kappa shape index (κ1) is 9.23. The normalized spacial score (nSPS) is 20.1. The first-order valence-electron chi connectivity index (χ1n) is 6.04. The second-order valence-electron chi connectivity index (χ2n) is 5.13. The smallest absolute Gasteiger partial charge is 0.237 e. The molecule has 0 unspecified atom stereocenters. The molecule has 0 N–H and O–H groups in total. The summed E-state index contributed by atoms with van der Waals surface area (Å²) in [6, 6.07) is 12.6. The molecular weight excluding hydrogens is 210 g/mol. The van der Waals surface area contributed by atoms with Crippen molar-refractivity contribution in [1.82, 2.24) is 0 Å². The van der Waals surface area contributed by atoms with Gasteiger partial charge in [-0.1, -0.05) is 36.4 Å². The van der Waals surface area contributed by atoms with E-state index >= 15 is 0 Å². The van der Waals surface area contributed by atoms with Crippen molar-refractivity contribution in [1.29, 1.82) is 0 Å². The van der Waals surface area contributed by atoms with Gasteiger partial charge in [0.15, 0.2) is 0 Å². The molecule has 0 atom stereocenters. The third-order valence-electron chi connectivity index (χ3n) is 4.22. The first-order chi connectivity index (χ1) is 8.24. The van der Waals surface area contributed by atoms with Crippen molar-refractivity contribution in [3.63, 3.8) is 0 Å². The maximum absolute atomic E-state index is 12.3. The molecule has 2 aliphatic rings. The molecule has 1 aliphatic heterocycles. The molecule has 2 nitrogen and oxygen atoms in total. The summed E-state index contributed by atoms with van der Waals surface area (Å²) in [5.41, 5.74) is 2.21. The van der Waals surface area contributed by atoms with E-state index in [1.165, 1.54) is 16.3 Å². The maximum Gasteiger partial charge on any atom is 0.237 e. The van der Waals surface area contributed by atoms with E-state index in [0.29, 0.717) is 0 Å². The average Bonchev–Trinajstić information content (AvgIpc) is 3.13. The van der Waals surface area contributed by atoms with Gasteiger partial charge in [-0.05, 0) is 23.8 Å². The van der Waals surface area contributed by atoms with Crippen molar-refractivity contribution >= 4 is 22.4 Å². The Morgan fingerprint density at radius 3 is 2.65 bits per heavy atom. The fourth-order valence-electron chi connectivity index (χ4n) is 3.15. The van der Waals surface area contributed by atoms with Crippen LogP contribution in [-0.2, 0) is 10.2 Å². The van der Waals surface area contributed by atoms with Gasteiger partial charge in [0.05, 0.1) is 11.1 Å². The summed E-state index contributed by atoms with van der Waals surface area (Å²) < 4.78 is 0. The molecule has 84 valence electrons. The standard InChI is InChI=1S/C15H13NO/c1-16-13-11-5-3-2-4-10(11)6-7-12(13)15(8-9-15)14(16)17/h2-7H,8-9H2,1H3. The fourth-order valence-corrected chi connectivity index (χ4v) is 3.15. The molecule has 2 aromatic rings. The quantitative estimate of drug-likeness (QED) is 0.672. The largest absolute Gasteiger partial charge is 0.314 e. The van der Waals surface area contributed by atoms with Gasteiger partial charge in [-0.15, -0.1) is 0 Å². The minimum absolute atomic E-state index is 0.159. The van der Waals surface area contributed by atoms with E-state index in [0.717, 1.165) is 18.5 Å². The lowest BCUT2D eigenvalue weighted by atomic mass is 9.95. The lowest BCUT2D eigenvalue weighted by Gasteiger charge is -2.12. The summed E-state index contributed by atoms with van der Waals surface area (Å²) in [5.74, 6) is 0.281. The summed E-state index contributed by atoms with van der Waals surface area (Å²) in [4.78, 5) is 14.2. The molecule has 0 radical (unpaired) electrons. The Bertz CT molecular complexity index is 655. The highest BCUT2D eigenvalue weighted by molar-refractivity contribution is 6.16. The highest BCUT2D eigenvalue weighted by atomic mass is 16.2. The maximum atomic E-state index is 12.3. The monoisotopic (exact) mass is 223 g/mol. The molecule has 1 fully saturated rings. The summed E-state index contributed by atoms with van der Waals surface area (Å²) >= 11 is 0. The molecule has 17 heavy (non-hydrogen) atoms. The van der Waals surface area contributed by atoms with Crippen molar-refractivity contribution in [2.75, 3.05) is 11.9 Å². The van der Waals surface area contributed by atoms with Crippen LogP contribution in [0.2, 0.25) is 0 Å². The van der Waals surface area contributed by atoms with Crippen LogP contribution in [0.5, 0.6) is 0 Å². The third kappa shape index (κ3) is 0.943. The number of amides is 1. The molecule has 0 bridgehead atoms. The average molecular weight is 223 g/mol. The number of anilines is 1. The summed E-state index contributed by atoms with van der Waals surface area (Å²) in [5, 5.41) is 2.41. The molecule has 0 saturated heterocycles. The van der Waals surface area contributed by atoms with E-state index in [2.05, 4.69) is 24.3 Å². The predicted octanol–water partition coefficient (Wildman–Crippen LogP) is 2.85. The Balaban J connectivity index is 2.14. The highest BCUT2D eigenvalue weighted by Gasteiger charge is 2.58. The lowest BCUT2D eigenvalue weighted by Crippen LogP contribution is -2.28. The summed E-state index contributed by atoms with van der Waals surface area (Å²) in [6.45, 7) is 0. The van der Waals surface area contributed by atoms with Crippen molar-refractivity contribution < 1.29 is 4.79 Å². The molecule has 1 saturated carbocycles. The van der Waals surface area contributed by atoms with Crippen LogP contribution in [0.1, 0.15) is 18.4 Å². The molecule has 1 amide bonds. The molecule has 0 aromatic heterocycles. The van der Waals surface area contributed by atoms with E-state index in [-0.39, 0.29) is 11.3 Å². The van der Waals surface area contributed by atoms with E-state index in [9.17, 15) is 4.79 Å². The zero-order valence-electron chi connectivity index (χ0n) is 9.73. The SMILES string of the molecule is CN1C(=O)C2(CC2)c2ccc3ccccc3c21. The molecule has 2 heteroatoms. The Labute approximate surface area is 99.8 Å². The van der Waals surface area contributed by atoms with Crippen LogP contribution >= 0.6 is 0 Å². The van der Waals surface area contributed by atoms with Crippen LogP contribution in [0.25, 0.3) is 10.8 Å². The van der Waals surface area contributed by atoms with Gasteiger partial charge in [0.25, 0.3) is 0 Å². The van der Waals surface area contributed by atoms with Gasteiger partial charge in [0.1, 0.15) is 0 Å². The van der Waals surface area contributed by atoms with Crippen LogP contribution in [0.15, 0.2) is 36.4 Å². The van der Waals surface area contributed by atoms with E-state index in [4.69, 9.17) is 0 Å². The topological polar surface area (TPSA) is 20.3 Å². The van der Waals surface area contributed by atoms with Crippen LogP contribution < -0.4 is 4.90 Å². The Hall–Kier alpha value is -1.83. The zero-order valence-corrected chi connectivity index (χ0v) is 9.73. The minimum Gasteiger partial charge on any atom is -0.314 e. The molecule has 1 aliphatic carbocycles. The van der Waals surface area contributed by atoms with Gasteiger partial charge in [-0.2, -0.15) is 0 Å². The molecular formula is C15H13NO. The molecule has 1 heterocycles. The predicted molar refractivity (Wildman–Crippen MR) is 68.3 cm³/mol. The lowest BCUT2D eigenvalue weighted by molar-refractivity contribution is -0.119. The number of fused-ring (bicyclic) bond motifs is 4. The van der Waals surface area contributed by atoms with Crippen molar-refractivity contribution in [2.24, 2.45) is 0 Å². The Morgan fingerprint density at radius 1 is 1.12 bits per heavy atom. The molecule has 1 spiro atoms. The van der Waals surface area contributed by atoms with Crippen molar-refractivity contribution in [2.45, 2.75) is 18.3 Å². The molecule has 2 aromatic carbocycles. The summed E-state index contributed by atoms with van der Waals surface area (Å²) in [7, 11) is 1.90.